The molecule has 0 amide bonds. The standard InChI is InChI=1S/C8H9NO3/c9-7(8(11)12)5-2-1-3-6(10)4-5/h1-4,7,10H,9H2,(H,11,12). The van der Waals surface area contributed by atoms with Gasteiger partial charge in [-0.1, -0.05) is 12.1 Å². The summed E-state index contributed by atoms with van der Waals surface area (Å²) >= 11 is 0. The Hall–Kier alpha value is -1.55. The van der Waals surface area contributed by atoms with Crippen molar-refractivity contribution in [2.45, 2.75) is 6.04 Å². The van der Waals surface area contributed by atoms with E-state index in [-0.39, 0.29) is 5.75 Å². The fourth-order valence-electron chi connectivity index (χ4n) is 0.861. The van der Waals surface area contributed by atoms with Crippen LogP contribution in [0.4, 0.5) is 0 Å². The molecule has 0 saturated heterocycles. The predicted molar refractivity (Wildman–Crippen MR) is 42.7 cm³/mol. The number of aromatic hydroxyl groups is 1. The average Bonchev–Trinajstić information content (AvgIpc) is 2.03. The highest BCUT2D eigenvalue weighted by atomic mass is 16.4. The summed E-state index contributed by atoms with van der Waals surface area (Å²) in [6.07, 6.45) is 0. The third-order valence-corrected chi connectivity index (χ3v) is 1.50. The zero-order chi connectivity index (χ0) is 9.14. The van der Waals surface area contributed by atoms with Gasteiger partial charge in [-0.15, -0.1) is 0 Å². The van der Waals surface area contributed by atoms with Crippen molar-refractivity contribution >= 4 is 5.97 Å². The normalized spacial score (nSPS) is 12.4. The second-order valence-corrected chi connectivity index (χ2v) is 2.41. The number of carbonyl (C=O) groups is 1. The van der Waals surface area contributed by atoms with Crippen molar-refractivity contribution in [3.05, 3.63) is 29.8 Å². The molecule has 1 aromatic carbocycles. The summed E-state index contributed by atoms with van der Waals surface area (Å²) in [6, 6.07) is 4.82. The molecule has 0 aliphatic carbocycles. The van der Waals surface area contributed by atoms with E-state index in [9.17, 15) is 4.79 Å². The Kier molecular flexibility index (Phi) is 2.30. The molecule has 0 aliphatic rings. The summed E-state index contributed by atoms with van der Waals surface area (Å²) in [4.78, 5) is 10.4. The molecule has 0 fully saturated rings. The highest BCUT2D eigenvalue weighted by molar-refractivity contribution is 5.75. The second-order valence-electron chi connectivity index (χ2n) is 2.41. The van der Waals surface area contributed by atoms with Crippen LogP contribution in [0.15, 0.2) is 24.3 Å². The van der Waals surface area contributed by atoms with Crippen molar-refractivity contribution in [3.63, 3.8) is 0 Å². The van der Waals surface area contributed by atoms with Crippen molar-refractivity contribution < 1.29 is 15.0 Å². The van der Waals surface area contributed by atoms with Gasteiger partial charge in [-0.25, -0.2) is 0 Å². The minimum Gasteiger partial charge on any atom is -0.508 e. The van der Waals surface area contributed by atoms with Crippen LogP contribution in [-0.2, 0) is 4.79 Å². The molecule has 0 heterocycles. The number of rotatable bonds is 2. The van der Waals surface area contributed by atoms with Crippen molar-refractivity contribution in [2.24, 2.45) is 5.73 Å². The fraction of sp³-hybridized carbons (Fsp3) is 0.125. The first kappa shape index (κ1) is 8.55. The molecule has 12 heavy (non-hydrogen) atoms. The molecule has 1 rings (SSSR count). The van der Waals surface area contributed by atoms with Gasteiger partial charge in [0.1, 0.15) is 11.8 Å². The number of nitrogens with two attached hydrogens (primary N) is 1. The maximum atomic E-state index is 10.4. The number of phenolic OH excluding ortho intramolecular Hbond substituents is 1. The van der Waals surface area contributed by atoms with Gasteiger partial charge < -0.3 is 15.9 Å². The number of hydrogen-bond acceptors (Lipinski definition) is 3. The Bertz CT molecular complexity index is 298. The average molecular weight is 167 g/mol. The third-order valence-electron chi connectivity index (χ3n) is 1.50. The fourth-order valence-corrected chi connectivity index (χ4v) is 0.861. The first-order valence-electron chi connectivity index (χ1n) is 3.38. The van der Waals surface area contributed by atoms with E-state index < -0.39 is 12.0 Å². The molecule has 4 N–H and O–H groups in total. The van der Waals surface area contributed by atoms with E-state index in [1.807, 2.05) is 0 Å². The Morgan fingerprint density at radius 3 is 2.67 bits per heavy atom. The first-order valence-corrected chi connectivity index (χ1v) is 3.38. The van der Waals surface area contributed by atoms with E-state index in [4.69, 9.17) is 15.9 Å². The number of carboxylic acids is 1. The Morgan fingerprint density at radius 2 is 2.17 bits per heavy atom. The summed E-state index contributed by atoms with van der Waals surface area (Å²) in [5, 5.41) is 17.5. The molecule has 0 radical (unpaired) electrons. The molecule has 1 aromatic rings. The summed E-state index contributed by atoms with van der Waals surface area (Å²) in [5.74, 6) is -1.09. The van der Waals surface area contributed by atoms with Crippen LogP contribution >= 0.6 is 0 Å². The maximum absolute atomic E-state index is 10.4. The molecule has 0 aliphatic heterocycles. The largest absolute Gasteiger partial charge is 0.508 e. The number of benzene rings is 1. The lowest BCUT2D eigenvalue weighted by molar-refractivity contribution is -0.138. The van der Waals surface area contributed by atoms with Gasteiger partial charge in [-0.2, -0.15) is 0 Å². The highest BCUT2D eigenvalue weighted by Gasteiger charge is 2.13. The van der Waals surface area contributed by atoms with Gasteiger partial charge in [0, 0.05) is 0 Å². The summed E-state index contributed by atoms with van der Waals surface area (Å²) in [5.41, 5.74) is 5.69. The van der Waals surface area contributed by atoms with Crippen LogP contribution in [0.2, 0.25) is 0 Å². The van der Waals surface area contributed by atoms with Crippen molar-refractivity contribution in [1.29, 1.82) is 0 Å². The van der Waals surface area contributed by atoms with Gasteiger partial charge >= 0.3 is 5.97 Å². The molecule has 0 saturated carbocycles. The monoisotopic (exact) mass is 167 g/mol. The number of carboxylic acid groups (broad SMARTS) is 1. The van der Waals surface area contributed by atoms with Crippen LogP contribution in [0.5, 0.6) is 5.75 Å². The van der Waals surface area contributed by atoms with Gasteiger partial charge in [0.15, 0.2) is 0 Å². The second kappa shape index (κ2) is 3.23. The van der Waals surface area contributed by atoms with Crippen LogP contribution in [0, 0.1) is 0 Å². The SMILES string of the molecule is NC(C(=O)O)c1cccc(O)c1. The van der Waals surface area contributed by atoms with E-state index in [2.05, 4.69) is 0 Å². The first-order chi connectivity index (χ1) is 5.61. The van der Waals surface area contributed by atoms with Gasteiger partial charge in [0.25, 0.3) is 0 Å². The van der Waals surface area contributed by atoms with E-state index >= 15 is 0 Å². The van der Waals surface area contributed by atoms with Gasteiger partial charge in [-0.05, 0) is 17.7 Å². The molecular weight excluding hydrogens is 158 g/mol. The zero-order valence-electron chi connectivity index (χ0n) is 6.27. The van der Waals surface area contributed by atoms with E-state index in [1.54, 1.807) is 12.1 Å². The van der Waals surface area contributed by atoms with Crippen LogP contribution in [0.3, 0.4) is 0 Å². The summed E-state index contributed by atoms with van der Waals surface area (Å²) in [6.45, 7) is 0. The van der Waals surface area contributed by atoms with Gasteiger partial charge in [0.2, 0.25) is 0 Å². The van der Waals surface area contributed by atoms with E-state index in [0.717, 1.165) is 0 Å². The van der Waals surface area contributed by atoms with Crippen LogP contribution in [0.25, 0.3) is 0 Å². The van der Waals surface area contributed by atoms with Crippen LogP contribution in [-0.4, -0.2) is 16.2 Å². The molecule has 4 nitrogen and oxygen atoms in total. The molecule has 1 unspecified atom stereocenters. The quantitative estimate of drug-likeness (QED) is 0.598. The number of hydrogen-bond donors (Lipinski definition) is 3. The maximum Gasteiger partial charge on any atom is 0.325 e. The number of aliphatic carboxylic acids is 1. The topological polar surface area (TPSA) is 83.6 Å². The lowest BCUT2D eigenvalue weighted by Gasteiger charge is -2.05. The minimum absolute atomic E-state index is 0.0178. The van der Waals surface area contributed by atoms with E-state index in [1.165, 1.54) is 12.1 Å². The molecular formula is C8H9NO3. The van der Waals surface area contributed by atoms with Crippen molar-refractivity contribution in [2.75, 3.05) is 0 Å². The molecule has 4 heteroatoms. The van der Waals surface area contributed by atoms with Crippen LogP contribution in [0.1, 0.15) is 11.6 Å². The Balaban J connectivity index is 2.95. The lowest BCUT2D eigenvalue weighted by Crippen LogP contribution is -2.20. The highest BCUT2D eigenvalue weighted by Crippen LogP contribution is 2.16. The smallest absolute Gasteiger partial charge is 0.325 e. The van der Waals surface area contributed by atoms with Gasteiger partial charge in [-0.3, -0.25) is 4.79 Å². The summed E-state index contributed by atoms with van der Waals surface area (Å²) in [7, 11) is 0. The van der Waals surface area contributed by atoms with Crippen molar-refractivity contribution in [1.82, 2.24) is 0 Å². The summed E-state index contributed by atoms with van der Waals surface area (Å²) < 4.78 is 0. The molecule has 1 atom stereocenters. The predicted octanol–water partition coefficient (Wildman–Crippen LogP) is 0.477. The Labute approximate surface area is 69.3 Å². The lowest BCUT2D eigenvalue weighted by atomic mass is 10.1. The van der Waals surface area contributed by atoms with Crippen molar-refractivity contribution in [3.8, 4) is 5.75 Å². The Morgan fingerprint density at radius 1 is 1.50 bits per heavy atom. The van der Waals surface area contributed by atoms with Gasteiger partial charge in [0.05, 0.1) is 0 Å². The minimum atomic E-state index is -1.11. The van der Waals surface area contributed by atoms with Crippen LogP contribution < -0.4 is 5.73 Å². The molecule has 0 aromatic heterocycles. The van der Waals surface area contributed by atoms with E-state index in [0.29, 0.717) is 5.56 Å². The molecule has 64 valence electrons. The zero-order valence-corrected chi connectivity index (χ0v) is 6.27. The number of phenols is 1. The molecule has 0 spiro atoms. The molecule has 0 bridgehead atoms. The third kappa shape index (κ3) is 1.73.